The van der Waals surface area contributed by atoms with Crippen molar-refractivity contribution in [3.05, 3.63) is 55.5 Å². The molecule has 0 saturated heterocycles. The van der Waals surface area contributed by atoms with E-state index in [0.717, 1.165) is 0 Å². The van der Waals surface area contributed by atoms with E-state index >= 15 is 0 Å². The molecular weight excluding hydrogens is 322 g/mol. The summed E-state index contributed by atoms with van der Waals surface area (Å²) in [4.78, 5) is 30.5. The molecule has 0 radical (unpaired) electrons. The van der Waals surface area contributed by atoms with Crippen LogP contribution in [-0.2, 0) is 11.3 Å². The van der Waals surface area contributed by atoms with Crippen LogP contribution in [0.4, 0.5) is 4.79 Å². The summed E-state index contributed by atoms with van der Waals surface area (Å²) in [7, 11) is 0. The molecule has 0 saturated carbocycles. The molecule has 2 aromatic rings. The average Bonchev–Trinajstić information content (AvgIpc) is 3.30. The van der Waals surface area contributed by atoms with E-state index in [4.69, 9.17) is 4.42 Å². The Morgan fingerprint density at radius 3 is 2.84 bits per heavy atom. The Bertz CT molecular complexity index is 694. The van der Waals surface area contributed by atoms with Crippen LogP contribution in [0.15, 0.2) is 54.2 Å². The lowest BCUT2D eigenvalue weighted by molar-refractivity contribution is -0.151. The van der Waals surface area contributed by atoms with E-state index in [2.05, 4.69) is 11.6 Å². The van der Waals surface area contributed by atoms with Crippen LogP contribution in [-0.4, -0.2) is 37.1 Å². The fourth-order valence-corrected chi connectivity index (χ4v) is 2.89. The standard InChI is InChI=1S/C18H23N3O4/c1-3-5-6-9-18(4-2,16(22)23)21(13-15-8-7-12-25-15)17(24)20-11-10-19-14-20/h3,7-8,10-12,14H,1,4-6,9,13H2,2H3,(H,22,23). The van der Waals surface area contributed by atoms with Gasteiger partial charge < -0.3 is 14.4 Å². The van der Waals surface area contributed by atoms with Crippen LogP contribution in [0.5, 0.6) is 0 Å². The van der Waals surface area contributed by atoms with Gasteiger partial charge in [-0.1, -0.05) is 13.0 Å². The van der Waals surface area contributed by atoms with E-state index in [1.54, 1.807) is 25.1 Å². The maximum atomic E-state index is 13.0. The Balaban J connectivity index is 2.42. The van der Waals surface area contributed by atoms with E-state index in [-0.39, 0.29) is 13.0 Å². The molecule has 134 valence electrons. The molecule has 0 fully saturated rings. The Hall–Kier alpha value is -2.83. The lowest BCUT2D eigenvalue weighted by Gasteiger charge is -2.39. The number of hydrogen-bond donors (Lipinski definition) is 1. The topological polar surface area (TPSA) is 88.6 Å². The lowest BCUT2D eigenvalue weighted by Crippen LogP contribution is -2.57. The second-order valence-electron chi connectivity index (χ2n) is 5.79. The zero-order valence-corrected chi connectivity index (χ0v) is 14.3. The van der Waals surface area contributed by atoms with E-state index in [0.29, 0.717) is 25.0 Å². The number of imidazole rings is 1. The summed E-state index contributed by atoms with van der Waals surface area (Å²) in [6.45, 7) is 5.52. The summed E-state index contributed by atoms with van der Waals surface area (Å²) < 4.78 is 6.63. The van der Waals surface area contributed by atoms with Gasteiger partial charge in [0.2, 0.25) is 0 Å². The molecular formula is C18H23N3O4. The number of unbranched alkanes of at least 4 members (excludes halogenated alkanes) is 1. The van der Waals surface area contributed by atoms with Gasteiger partial charge in [0.05, 0.1) is 12.8 Å². The van der Waals surface area contributed by atoms with Crippen molar-refractivity contribution in [2.24, 2.45) is 0 Å². The minimum absolute atomic E-state index is 0.0677. The van der Waals surface area contributed by atoms with Crippen molar-refractivity contribution >= 4 is 12.0 Å². The number of rotatable bonds is 9. The molecule has 1 unspecified atom stereocenters. The molecule has 0 aliphatic heterocycles. The van der Waals surface area contributed by atoms with Crippen molar-refractivity contribution in [1.82, 2.24) is 14.5 Å². The highest BCUT2D eigenvalue weighted by Gasteiger charge is 2.45. The van der Waals surface area contributed by atoms with Crippen LogP contribution in [0.2, 0.25) is 0 Å². The third-order valence-electron chi connectivity index (χ3n) is 4.35. The first-order valence-electron chi connectivity index (χ1n) is 8.21. The first-order valence-corrected chi connectivity index (χ1v) is 8.21. The number of carboxylic acids is 1. The summed E-state index contributed by atoms with van der Waals surface area (Å²) >= 11 is 0. The third-order valence-corrected chi connectivity index (χ3v) is 4.35. The number of nitrogens with zero attached hydrogens (tertiary/aromatic N) is 3. The van der Waals surface area contributed by atoms with Crippen LogP contribution >= 0.6 is 0 Å². The molecule has 7 nitrogen and oxygen atoms in total. The molecule has 0 aliphatic carbocycles. The van der Waals surface area contributed by atoms with Gasteiger partial charge in [-0.05, 0) is 37.8 Å². The molecule has 1 atom stereocenters. The number of allylic oxidation sites excluding steroid dienone is 1. The monoisotopic (exact) mass is 345 g/mol. The van der Waals surface area contributed by atoms with Gasteiger partial charge in [0, 0.05) is 12.4 Å². The minimum Gasteiger partial charge on any atom is -0.479 e. The fourth-order valence-electron chi connectivity index (χ4n) is 2.89. The maximum Gasteiger partial charge on any atom is 0.330 e. The van der Waals surface area contributed by atoms with Crippen molar-refractivity contribution in [2.75, 3.05) is 0 Å². The van der Waals surface area contributed by atoms with Gasteiger partial charge >= 0.3 is 12.0 Å². The fraction of sp³-hybridized carbons (Fsp3) is 0.389. The molecule has 2 aromatic heterocycles. The zero-order valence-electron chi connectivity index (χ0n) is 14.3. The maximum absolute atomic E-state index is 13.0. The van der Waals surface area contributed by atoms with Crippen LogP contribution in [0.1, 0.15) is 38.4 Å². The Morgan fingerprint density at radius 2 is 2.32 bits per heavy atom. The summed E-state index contributed by atoms with van der Waals surface area (Å²) in [5, 5.41) is 9.99. The minimum atomic E-state index is -1.34. The number of aromatic nitrogens is 2. The molecule has 1 N–H and O–H groups in total. The molecule has 0 spiro atoms. The lowest BCUT2D eigenvalue weighted by atomic mass is 9.87. The predicted molar refractivity (Wildman–Crippen MR) is 92.0 cm³/mol. The average molecular weight is 345 g/mol. The Kier molecular flexibility index (Phi) is 6.16. The number of hydrogen-bond acceptors (Lipinski definition) is 4. The third kappa shape index (κ3) is 3.99. The van der Waals surface area contributed by atoms with Gasteiger partial charge in [-0.25, -0.2) is 14.6 Å². The second kappa shape index (κ2) is 8.32. The van der Waals surface area contributed by atoms with Crippen LogP contribution in [0.25, 0.3) is 0 Å². The number of carbonyl (C=O) groups is 2. The van der Waals surface area contributed by atoms with E-state index in [1.165, 1.54) is 34.5 Å². The first kappa shape index (κ1) is 18.5. The molecule has 2 heterocycles. The number of carbonyl (C=O) groups excluding carboxylic acids is 1. The van der Waals surface area contributed by atoms with Gasteiger partial charge in [0.1, 0.15) is 17.6 Å². The van der Waals surface area contributed by atoms with E-state index in [1.807, 2.05) is 0 Å². The van der Waals surface area contributed by atoms with Crippen molar-refractivity contribution in [3.8, 4) is 0 Å². The normalized spacial score (nSPS) is 13.2. The molecule has 1 amide bonds. The Labute approximate surface area is 146 Å². The first-order chi connectivity index (χ1) is 12.0. The molecule has 2 rings (SSSR count). The van der Waals surface area contributed by atoms with E-state index < -0.39 is 17.5 Å². The summed E-state index contributed by atoms with van der Waals surface area (Å²) in [5.41, 5.74) is -1.34. The van der Waals surface area contributed by atoms with Crippen molar-refractivity contribution < 1.29 is 19.1 Å². The summed E-state index contributed by atoms with van der Waals surface area (Å²) in [6.07, 6.45) is 9.51. The molecule has 25 heavy (non-hydrogen) atoms. The molecule has 0 aromatic carbocycles. The SMILES string of the molecule is C=CCCCC(CC)(C(=O)O)N(Cc1ccco1)C(=O)n1ccnc1. The highest BCUT2D eigenvalue weighted by atomic mass is 16.4. The highest BCUT2D eigenvalue weighted by molar-refractivity contribution is 5.87. The van der Waals surface area contributed by atoms with Crippen molar-refractivity contribution in [3.63, 3.8) is 0 Å². The number of carboxylic acid groups (broad SMARTS) is 1. The van der Waals surface area contributed by atoms with Gasteiger partial charge in [0.15, 0.2) is 0 Å². The Morgan fingerprint density at radius 1 is 1.52 bits per heavy atom. The summed E-state index contributed by atoms with van der Waals surface area (Å²) in [5.74, 6) is -0.504. The van der Waals surface area contributed by atoms with Gasteiger partial charge in [-0.3, -0.25) is 4.57 Å². The van der Waals surface area contributed by atoms with Gasteiger partial charge in [-0.2, -0.15) is 0 Å². The quantitative estimate of drug-likeness (QED) is 0.555. The number of amides is 1. The zero-order chi connectivity index (χ0) is 18.3. The van der Waals surface area contributed by atoms with Crippen LogP contribution in [0.3, 0.4) is 0 Å². The van der Waals surface area contributed by atoms with E-state index in [9.17, 15) is 14.7 Å². The number of furan rings is 1. The van der Waals surface area contributed by atoms with Crippen molar-refractivity contribution in [1.29, 1.82) is 0 Å². The molecule has 0 bridgehead atoms. The number of aliphatic carboxylic acids is 1. The molecule has 0 aliphatic rings. The smallest absolute Gasteiger partial charge is 0.330 e. The largest absolute Gasteiger partial charge is 0.479 e. The van der Waals surface area contributed by atoms with Gasteiger partial charge in [-0.15, -0.1) is 6.58 Å². The summed E-state index contributed by atoms with van der Waals surface area (Å²) in [6, 6.07) is 2.98. The van der Waals surface area contributed by atoms with Crippen molar-refractivity contribution in [2.45, 2.75) is 44.7 Å². The highest BCUT2D eigenvalue weighted by Crippen LogP contribution is 2.30. The molecule has 7 heteroatoms. The predicted octanol–water partition coefficient (Wildman–Crippen LogP) is 3.54. The van der Waals surface area contributed by atoms with Crippen LogP contribution < -0.4 is 0 Å². The van der Waals surface area contributed by atoms with Gasteiger partial charge in [0.25, 0.3) is 0 Å². The van der Waals surface area contributed by atoms with Crippen LogP contribution in [0, 0.1) is 0 Å². The second-order valence-corrected chi connectivity index (χ2v) is 5.79.